The molecule has 1 aromatic carbocycles. The van der Waals surface area contributed by atoms with Crippen LogP contribution in [-0.2, 0) is 6.42 Å². The molecule has 2 nitrogen and oxygen atoms in total. The van der Waals surface area contributed by atoms with E-state index in [1.165, 1.54) is 55.5 Å². The summed E-state index contributed by atoms with van der Waals surface area (Å²) in [5.74, 6) is 0.641. The van der Waals surface area contributed by atoms with E-state index in [0.29, 0.717) is 5.92 Å². The molecule has 0 saturated carbocycles. The third-order valence-corrected chi connectivity index (χ3v) is 3.76. The molecule has 0 aliphatic heterocycles. The second-order valence-corrected chi connectivity index (χ2v) is 6.39. The average Bonchev–Trinajstić information content (AvgIpc) is 2.90. The van der Waals surface area contributed by atoms with Crippen LogP contribution in [0.5, 0.6) is 0 Å². The van der Waals surface area contributed by atoms with Crippen LogP contribution in [0.25, 0.3) is 0 Å². The number of nitrogens with zero attached hydrogens (tertiary/aromatic N) is 1. The molecule has 0 radical (unpaired) electrons. The van der Waals surface area contributed by atoms with E-state index in [1.54, 1.807) is 0 Å². The summed E-state index contributed by atoms with van der Waals surface area (Å²) < 4.78 is 0. The Labute approximate surface area is 144 Å². The van der Waals surface area contributed by atoms with Crippen molar-refractivity contribution < 1.29 is 0 Å². The Bertz CT molecular complexity index is 467. The highest BCUT2D eigenvalue weighted by Gasteiger charge is 2.21. The van der Waals surface area contributed by atoms with Crippen molar-refractivity contribution in [2.75, 3.05) is 13.1 Å². The zero-order valence-corrected chi connectivity index (χ0v) is 16.1. The van der Waals surface area contributed by atoms with E-state index in [0.717, 1.165) is 12.0 Å². The molecule has 1 atom stereocenters. The van der Waals surface area contributed by atoms with Crippen molar-refractivity contribution >= 4 is 0 Å². The molecule has 1 unspecified atom stereocenters. The van der Waals surface area contributed by atoms with E-state index in [4.69, 9.17) is 5.26 Å². The molecular weight excluding hydrogens is 280 g/mol. The fourth-order valence-corrected chi connectivity index (χ4v) is 2.66. The van der Waals surface area contributed by atoms with E-state index in [9.17, 15) is 0 Å². The Kier molecular flexibility index (Phi) is 12.4. The molecule has 0 amide bonds. The molecule has 2 heteroatoms. The van der Waals surface area contributed by atoms with E-state index >= 15 is 0 Å². The van der Waals surface area contributed by atoms with Crippen molar-refractivity contribution in [2.24, 2.45) is 0 Å². The van der Waals surface area contributed by atoms with Gasteiger partial charge in [0.15, 0.2) is 0 Å². The van der Waals surface area contributed by atoms with E-state index < -0.39 is 0 Å². The minimum atomic E-state index is 0.641. The lowest BCUT2D eigenvalue weighted by molar-refractivity contribution is 0.662. The first-order valence-corrected chi connectivity index (χ1v) is 9.29. The summed E-state index contributed by atoms with van der Waals surface area (Å²) in [5, 5.41) is 12.2. The molecule has 1 N–H and O–H groups in total. The average molecular weight is 317 g/mol. The predicted octanol–water partition coefficient (Wildman–Crippen LogP) is 5.73. The van der Waals surface area contributed by atoms with Gasteiger partial charge in [0.2, 0.25) is 0 Å². The Hall–Kier alpha value is -1.33. The summed E-state index contributed by atoms with van der Waals surface area (Å²) in [4.78, 5) is 0. The summed E-state index contributed by atoms with van der Waals surface area (Å²) in [6.45, 7) is 15.3. The smallest absolute Gasteiger partial charge is 0.0994 e. The van der Waals surface area contributed by atoms with Crippen molar-refractivity contribution in [3.63, 3.8) is 0 Å². The maximum absolute atomic E-state index is 8.96. The number of aryl methyl sites for hydroxylation is 1. The maximum Gasteiger partial charge on any atom is 0.0994 e. The summed E-state index contributed by atoms with van der Waals surface area (Å²) >= 11 is 0. The summed E-state index contributed by atoms with van der Waals surface area (Å²) in [6.07, 6.45) is 6.03. The van der Waals surface area contributed by atoms with Crippen molar-refractivity contribution in [1.29, 1.82) is 5.26 Å². The lowest BCUT2D eigenvalue weighted by Crippen LogP contribution is -2.14. The van der Waals surface area contributed by atoms with Crippen LogP contribution in [0.1, 0.15) is 88.5 Å². The number of hydrogen-bond donors (Lipinski definition) is 1. The third kappa shape index (κ3) is 8.18. The molecule has 0 aromatic heterocycles. The molecule has 2 rings (SSSR count). The predicted molar refractivity (Wildman–Crippen MR) is 102 cm³/mol. The summed E-state index contributed by atoms with van der Waals surface area (Å²) in [6, 6.07) is 6.52. The van der Waals surface area contributed by atoms with Gasteiger partial charge in [-0.2, -0.15) is 5.26 Å². The van der Waals surface area contributed by atoms with Crippen LogP contribution in [0.15, 0.2) is 12.1 Å². The van der Waals surface area contributed by atoms with Gasteiger partial charge in [-0.15, -0.1) is 0 Å². The highest BCUT2D eigenvalue weighted by atomic mass is 14.8. The normalized spacial score (nSPS) is 14.7. The highest BCUT2D eigenvalue weighted by Crippen LogP contribution is 2.35. The van der Waals surface area contributed by atoms with E-state index in [2.05, 4.69) is 59.0 Å². The van der Waals surface area contributed by atoms with E-state index in [-0.39, 0.29) is 0 Å². The van der Waals surface area contributed by atoms with Gasteiger partial charge in [-0.3, -0.25) is 0 Å². The van der Waals surface area contributed by atoms with Crippen LogP contribution < -0.4 is 5.32 Å². The first-order valence-electron chi connectivity index (χ1n) is 9.29. The molecule has 0 heterocycles. The van der Waals surface area contributed by atoms with Crippen molar-refractivity contribution in [3.05, 3.63) is 34.4 Å². The van der Waals surface area contributed by atoms with Crippen LogP contribution in [0.4, 0.5) is 0 Å². The van der Waals surface area contributed by atoms with Crippen molar-refractivity contribution in [1.82, 2.24) is 5.32 Å². The first kappa shape index (κ1) is 21.7. The molecule has 23 heavy (non-hydrogen) atoms. The Balaban J connectivity index is 0.000000412. The number of nitrogens with one attached hydrogen (secondary N) is 1. The molecule has 1 aliphatic carbocycles. The minimum absolute atomic E-state index is 0.641. The molecule has 130 valence electrons. The summed E-state index contributed by atoms with van der Waals surface area (Å²) in [7, 11) is 0. The van der Waals surface area contributed by atoms with Crippen LogP contribution in [0.2, 0.25) is 0 Å². The van der Waals surface area contributed by atoms with Crippen LogP contribution in [0.3, 0.4) is 0 Å². The number of hydrogen-bond acceptors (Lipinski definition) is 2. The van der Waals surface area contributed by atoms with Gasteiger partial charge in [-0.05, 0) is 74.4 Å². The lowest BCUT2D eigenvalue weighted by atomic mass is 9.97. The lowest BCUT2D eigenvalue weighted by Gasteiger charge is -2.06. The zero-order chi connectivity index (χ0) is 17.7. The maximum atomic E-state index is 8.96. The molecule has 0 fully saturated rings. The zero-order valence-electron chi connectivity index (χ0n) is 16.1. The van der Waals surface area contributed by atoms with Crippen molar-refractivity contribution in [3.8, 4) is 6.07 Å². The topological polar surface area (TPSA) is 35.8 Å². The number of benzene rings is 1. The van der Waals surface area contributed by atoms with Gasteiger partial charge in [0.25, 0.3) is 0 Å². The fourth-order valence-electron chi connectivity index (χ4n) is 2.66. The standard InChI is InChI=1S/C12H13N.C6H15N.C3H8/c1-8-5-10(7-13)11-4-3-9(2)12(11)6-8;1-3-5-7-6-4-2;1-3-2/h5-6,9H,3-4H2,1-2H3;7H,3-6H2,1-2H3;3H2,1-2H3. The first-order chi connectivity index (χ1) is 11.0. The van der Waals surface area contributed by atoms with Gasteiger partial charge in [0.05, 0.1) is 11.6 Å². The Morgan fingerprint density at radius 3 is 2.17 bits per heavy atom. The summed E-state index contributed by atoms with van der Waals surface area (Å²) in [5.41, 5.74) is 4.79. The van der Waals surface area contributed by atoms with Crippen molar-refractivity contribution in [2.45, 2.75) is 79.6 Å². The molecule has 0 bridgehead atoms. The van der Waals surface area contributed by atoms with Crippen LogP contribution >= 0.6 is 0 Å². The van der Waals surface area contributed by atoms with E-state index in [1.807, 2.05) is 6.07 Å². The van der Waals surface area contributed by atoms with Gasteiger partial charge in [-0.25, -0.2) is 0 Å². The highest BCUT2D eigenvalue weighted by molar-refractivity contribution is 5.49. The minimum Gasteiger partial charge on any atom is -0.317 e. The Morgan fingerprint density at radius 2 is 1.70 bits per heavy atom. The van der Waals surface area contributed by atoms with Gasteiger partial charge < -0.3 is 5.32 Å². The SMILES string of the molecule is CCC.CCCNCCC.Cc1cc(C#N)c2c(c1)C(C)CC2. The number of nitriles is 1. The monoisotopic (exact) mass is 316 g/mol. The molecular formula is C21H36N2. The molecule has 0 saturated heterocycles. The Morgan fingerprint density at radius 1 is 1.13 bits per heavy atom. The second kappa shape index (κ2) is 13.1. The second-order valence-electron chi connectivity index (χ2n) is 6.39. The third-order valence-electron chi connectivity index (χ3n) is 3.76. The fraction of sp³-hybridized carbons (Fsp3) is 0.667. The van der Waals surface area contributed by atoms with Gasteiger partial charge in [-0.1, -0.05) is 47.1 Å². The molecule has 1 aromatic rings. The quantitative estimate of drug-likeness (QED) is 0.720. The van der Waals surface area contributed by atoms with Gasteiger partial charge in [0.1, 0.15) is 0 Å². The number of rotatable bonds is 4. The van der Waals surface area contributed by atoms with Crippen LogP contribution in [-0.4, -0.2) is 13.1 Å². The molecule has 1 aliphatic rings. The van der Waals surface area contributed by atoms with Gasteiger partial charge in [0, 0.05) is 0 Å². The van der Waals surface area contributed by atoms with Gasteiger partial charge >= 0.3 is 0 Å². The number of fused-ring (bicyclic) bond motifs is 1. The molecule has 0 spiro atoms. The largest absolute Gasteiger partial charge is 0.317 e. The van der Waals surface area contributed by atoms with Crippen LogP contribution in [0, 0.1) is 18.3 Å².